The molecule has 1 aliphatic rings. The third kappa shape index (κ3) is 4.65. The molecule has 3 heteroatoms. The zero-order chi connectivity index (χ0) is 11.1. The average Bonchev–Trinajstić information content (AvgIpc) is 2.44. The van der Waals surface area contributed by atoms with E-state index in [4.69, 9.17) is 0 Å². The number of rotatable bonds is 5. The lowest BCUT2D eigenvalue weighted by atomic mass is 10.0. The molecule has 1 heterocycles. The smallest absolute Gasteiger partial charge is 0.224 e. The van der Waals surface area contributed by atoms with E-state index >= 15 is 0 Å². The summed E-state index contributed by atoms with van der Waals surface area (Å²) in [6, 6.07) is 0. The van der Waals surface area contributed by atoms with Gasteiger partial charge in [-0.2, -0.15) is 0 Å². The van der Waals surface area contributed by atoms with E-state index < -0.39 is 0 Å². The second kappa shape index (κ2) is 6.83. The molecule has 3 nitrogen and oxygen atoms in total. The Kier molecular flexibility index (Phi) is 5.69. The van der Waals surface area contributed by atoms with Crippen LogP contribution in [0.1, 0.15) is 39.5 Å². The second-order valence-corrected chi connectivity index (χ2v) is 4.66. The first-order valence-electron chi connectivity index (χ1n) is 6.22. The molecular weight excluding hydrogens is 188 g/mol. The SMILES string of the molecule is CCC(C)CNCC1CCCCNC1=O. The standard InChI is InChI=1S/C12H24N2O/c1-3-10(2)8-13-9-11-6-4-5-7-14-12(11)15/h10-11,13H,3-9H2,1-2H3,(H,14,15). The highest BCUT2D eigenvalue weighted by Gasteiger charge is 2.19. The predicted octanol–water partition coefficient (Wildman–Crippen LogP) is 1.54. The molecule has 2 unspecified atom stereocenters. The van der Waals surface area contributed by atoms with Crippen molar-refractivity contribution < 1.29 is 4.79 Å². The predicted molar refractivity (Wildman–Crippen MR) is 62.7 cm³/mol. The topological polar surface area (TPSA) is 41.1 Å². The molecule has 0 aromatic carbocycles. The van der Waals surface area contributed by atoms with Crippen LogP contribution in [0.3, 0.4) is 0 Å². The van der Waals surface area contributed by atoms with Crippen molar-refractivity contribution in [1.29, 1.82) is 0 Å². The van der Waals surface area contributed by atoms with Crippen LogP contribution in [-0.2, 0) is 4.79 Å². The first-order chi connectivity index (χ1) is 7.24. The Balaban J connectivity index is 2.20. The Morgan fingerprint density at radius 2 is 2.33 bits per heavy atom. The lowest BCUT2D eigenvalue weighted by Gasteiger charge is -2.15. The molecule has 0 spiro atoms. The van der Waals surface area contributed by atoms with Gasteiger partial charge in [-0.1, -0.05) is 26.7 Å². The van der Waals surface area contributed by atoms with Crippen molar-refractivity contribution in [1.82, 2.24) is 10.6 Å². The normalized spacial score (nSPS) is 24.4. The molecule has 0 radical (unpaired) electrons. The molecule has 0 aromatic rings. The number of carbonyl (C=O) groups is 1. The van der Waals surface area contributed by atoms with Crippen molar-refractivity contribution in [2.45, 2.75) is 39.5 Å². The maximum Gasteiger partial charge on any atom is 0.224 e. The van der Waals surface area contributed by atoms with E-state index in [0.717, 1.165) is 32.5 Å². The summed E-state index contributed by atoms with van der Waals surface area (Å²) >= 11 is 0. The van der Waals surface area contributed by atoms with Crippen molar-refractivity contribution in [3.8, 4) is 0 Å². The lowest BCUT2D eigenvalue weighted by Crippen LogP contribution is -2.36. The van der Waals surface area contributed by atoms with E-state index in [9.17, 15) is 4.79 Å². The van der Waals surface area contributed by atoms with Crippen LogP contribution in [0.5, 0.6) is 0 Å². The summed E-state index contributed by atoms with van der Waals surface area (Å²) in [5, 5.41) is 6.37. The minimum absolute atomic E-state index is 0.191. The Bertz CT molecular complexity index is 194. The lowest BCUT2D eigenvalue weighted by molar-refractivity contribution is -0.124. The fourth-order valence-corrected chi connectivity index (χ4v) is 1.85. The quantitative estimate of drug-likeness (QED) is 0.726. The number of carbonyl (C=O) groups excluding carboxylic acids is 1. The molecule has 0 saturated carbocycles. The first-order valence-corrected chi connectivity index (χ1v) is 6.22. The average molecular weight is 212 g/mol. The van der Waals surface area contributed by atoms with Gasteiger partial charge in [0.15, 0.2) is 0 Å². The highest BCUT2D eigenvalue weighted by molar-refractivity contribution is 5.79. The van der Waals surface area contributed by atoms with Gasteiger partial charge in [0, 0.05) is 13.1 Å². The van der Waals surface area contributed by atoms with Crippen LogP contribution in [0.25, 0.3) is 0 Å². The number of amides is 1. The fraction of sp³-hybridized carbons (Fsp3) is 0.917. The molecule has 88 valence electrons. The molecule has 0 aromatic heterocycles. The van der Waals surface area contributed by atoms with Crippen LogP contribution >= 0.6 is 0 Å². The Morgan fingerprint density at radius 3 is 3.07 bits per heavy atom. The summed E-state index contributed by atoms with van der Waals surface area (Å²) in [5.74, 6) is 1.14. The zero-order valence-corrected chi connectivity index (χ0v) is 10.0. The van der Waals surface area contributed by atoms with Gasteiger partial charge in [0.25, 0.3) is 0 Å². The van der Waals surface area contributed by atoms with E-state index in [2.05, 4.69) is 24.5 Å². The van der Waals surface area contributed by atoms with Gasteiger partial charge in [-0.3, -0.25) is 4.79 Å². The zero-order valence-electron chi connectivity index (χ0n) is 10.0. The molecule has 1 saturated heterocycles. The van der Waals surface area contributed by atoms with Gasteiger partial charge in [0.2, 0.25) is 5.91 Å². The molecule has 15 heavy (non-hydrogen) atoms. The third-order valence-corrected chi connectivity index (χ3v) is 3.23. The van der Waals surface area contributed by atoms with Gasteiger partial charge in [-0.15, -0.1) is 0 Å². The van der Waals surface area contributed by atoms with Gasteiger partial charge < -0.3 is 10.6 Å². The maximum absolute atomic E-state index is 11.6. The van der Waals surface area contributed by atoms with Crippen molar-refractivity contribution in [3.05, 3.63) is 0 Å². The van der Waals surface area contributed by atoms with E-state index in [1.165, 1.54) is 12.8 Å². The van der Waals surface area contributed by atoms with Gasteiger partial charge in [-0.25, -0.2) is 0 Å². The van der Waals surface area contributed by atoms with Gasteiger partial charge >= 0.3 is 0 Å². The summed E-state index contributed by atoms with van der Waals surface area (Å²) in [6.45, 7) is 7.17. The summed E-state index contributed by atoms with van der Waals surface area (Å²) in [6.07, 6.45) is 4.55. The fourth-order valence-electron chi connectivity index (χ4n) is 1.85. The molecule has 2 N–H and O–H groups in total. The molecular formula is C12H24N2O. The van der Waals surface area contributed by atoms with Crippen molar-refractivity contribution in [2.24, 2.45) is 11.8 Å². The summed E-state index contributed by atoms with van der Waals surface area (Å²) < 4.78 is 0. The number of hydrogen-bond acceptors (Lipinski definition) is 2. The second-order valence-electron chi connectivity index (χ2n) is 4.66. The minimum Gasteiger partial charge on any atom is -0.356 e. The molecule has 1 rings (SSSR count). The van der Waals surface area contributed by atoms with Crippen LogP contribution in [-0.4, -0.2) is 25.5 Å². The van der Waals surface area contributed by atoms with Crippen LogP contribution < -0.4 is 10.6 Å². The van der Waals surface area contributed by atoms with E-state index in [1.807, 2.05) is 0 Å². The van der Waals surface area contributed by atoms with Crippen molar-refractivity contribution >= 4 is 5.91 Å². The van der Waals surface area contributed by atoms with Crippen LogP contribution in [0, 0.1) is 11.8 Å². The van der Waals surface area contributed by atoms with Gasteiger partial charge in [0.1, 0.15) is 0 Å². The first kappa shape index (κ1) is 12.5. The van der Waals surface area contributed by atoms with Gasteiger partial charge in [-0.05, 0) is 25.3 Å². The van der Waals surface area contributed by atoms with Crippen LogP contribution in [0.4, 0.5) is 0 Å². The molecule has 1 fully saturated rings. The van der Waals surface area contributed by atoms with Crippen molar-refractivity contribution in [2.75, 3.05) is 19.6 Å². The van der Waals surface area contributed by atoms with Crippen LogP contribution in [0.2, 0.25) is 0 Å². The third-order valence-electron chi connectivity index (χ3n) is 3.23. The Hall–Kier alpha value is -0.570. The Morgan fingerprint density at radius 1 is 1.53 bits per heavy atom. The minimum atomic E-state index is 0.191. The summed E-state index contributed by atoms with van der Waals surface area (Å²) in [7, 11) is 0. The van der Waals surface area contributed by atoms with Crippen molar-refractivity contribution in [3.63, 3.8) is 0 Å². The monoisotopic (exact) mass is 212 g/mol. The number of nitrogens with one attached hydrogen (secondary N) is 2. The van der Waals surface area contributed by atoms with Gasteiger partial charge in [0.05, 0.1) is 5.92 Å². The maximum atomic E-state index is 11.6. The summed E-state index contributed by atoms with van der Waals surface area (Å²) in [4.78, 5) is 11.6. The van der Waals surface area contributed by atoms with Crippen LogP contribution in [0.15, 0.2) is 0 Å². The molecule has 2 atom stereocenters. The largest absolute Gasteiger partial charge is 0.356 e. The number of hydrogen-bond donors (Lipinski definition) is 2. The highest BCUT2D eigenvalue weighted by atomic mass is 16.1. The molecule has 1 amide bonds. The molecule has 0 aliphatic carbocycles. The summed E-state index contributed by atoms with van der Waals surface area (Å²) in [5.41, 5.74) is 0. The van der Waals surface area contributed by atoms with E-state index in [-0.39, 0.29) is 11.8 Å². The van der Waals surface area contributed by atoms with E-state index in [1.54, 1.807) is 0 Å². The molecule has 0 bridgehead atoms. The highest BCUT2D eigenvalue weighted by Crippen LogP contribution is 2.11. The molecule has 1 aliphatic heterocycles. The Labute approximate surface area is 93.0 Å². The van der Waals surface area contributed by atoms with E-state index in [0.29, 0.717) is 5.92 Å².